The molecule has 0 aromatic rings. The van der Waals surface area contributed by atoms with Crippen LogP contribution in [0, 0.1) is 11.8 Å². The van der Waals surface area contributed by atoms with E-state index >= 15 is 0 Å². The van der Waals surface area contributed by atoms with Gasteiger partial charge in [-0.2, -0.15) is 0 Å². The van der Waals surface area contributed by atoms with Crippen molar-refractivity contribution in [2.45, 2.75) is 112 Å². The third kappa shape index (κ3) is 10.3. The van der Waals surface area contributed by atoms with Crippen molar-refractivity contribution in [3.05, 3.63) is 45.8 Å². The van der Waals surface area contributed by atoms with Gasteiger partial charge in [0.2, 0.25) is 0 Å². The summed E-state index contributed by atoms with van der Waals surface area (Å²) < 4.78 is 0. The van der Waals surface area contributed by atoms with E-state index in [1.165, 1.54) is 74.2 Å². The van der Waals surface area contributed by atoms with Crippen molar-refractivity contribution < 1.29 is 5.11 Å². The maximum Gasteiger partial charge on any atom is 0.0789 e. The van der Waals surface area contributed by atoms with Crippen molar-refractivity contribution in [1.82, 2.24) is 0 Å². The first-order valence-corrected chi connectivity index (χ1v) is 12.5. The lowest BCUT2D eigenvalue weighted by Gasteiger charge is -2.27. The Morgan fingerprint density at radius 1 is 1.10 bits per heavy atom. The Morgan fingerprint density at radius 2 is 1.72 bits per heavy atom. The summed E-state index contributed by atoms with van der Waals surface area (Å²) in [7, 11) is 2.90. The normalized spacial score (nSPS) is 22.1. The lowest BCUT2D eigenvalue weighted by Crippen LogP contribution is -2.21. The molecule has 1 rings (SSSR count). The van der Waals surface area contributed by atoms with Gasteiger partial charge >= 0.3 is 0 Å². The fourth-order valence-corrected chi connectivity index (χ4v) is 4.48. The summed E-state index contributed by atoms with van der Waals surface area (Å²) in [4.78, 5) is 0. The molecule has 1 nitrogen and oxygen atoms in total. The van der Waals surface area contributed by atoms with Crippen LogP contribution in [0.1, 0.15) is 106 Å². The largest absolute Gasteiger partial charge is 0.388 e. The van der Waals surface area contributed by atoms with Crippen molar-refractivity contribution in [3.8, 4) is 0 Å². The van der Waals surface area contributed by atoms with Gasteiger partial charge in [0.25, 0.3) is 0 Å². The standard InChI is InChI=1S/C27H47OP/c1-7-8-9-12-20(2)13-10-14-21(3)15-11-16-22(4)17-18-25-19-26(28)23(5)24(6)27(25)29/h12,15,19,22-23,26,28H,7-11,13-14,16-18,29H2,1-6H3/b20-12+,21-15+. The van der Waals surface area contributed by atoms with E-state index in [0.717, 1.165) is 12.3 Å². The molecule has 1 N–H and O–H groups in total. The summed E-state index contributed by atoms with van der Waals surface area (Å²) in [5.41, 5.74) is 5.77. The minimum atomic E-state index is -0.319. The van der Waals surface area contributed by atoms with Crippen molar-refractivity contribution in [2.75, 3.05) is 0 Å². The summed E-state index contributed by atoms with van der Waals surface area (Å²) >= 11 is 0. The quantitative estimate of drug-likeness (QED) is 0.180. The molecule has 2 heteroatoms. The summed E-state index contributed by atoms with van der Waals surface area (Å²) in [5, 5.41) is 11.6. The number of unbranched alkanes of at least 4 members (excludes halogenated alkanes) is 2. The Balaban J connectivity index is 2.28. The van der Waals surface area contributed by atoms with E-state index in [1.54, 1.807) is 11.1 Å². The molecule has 166 valence electrons. The van der Waals surface area contributed by atoms with E-state index in [9.17, 15) is 5.11 Å². The molecule has 0 saturated heterocycles. The third-order valence-electron chi connectivity index (χ3n) is 6.59. The topological polar surface area (TPSA) is 20.2 Å². The smallest absolute Gasteiger partial charge is 0.0789 e. The first-order chi connectivity index (χ1) is 13.8. The molecule has 0 aliphatic heterocycles. The number of aliphatic hydroxyl groups excluding tert-OH is 1. The molecule has 4 atom stereocenters. The monoisotopic (exact) mass is 418 g/mol. The van der Waals surface area contributed by atoms with Crippen molar-refractivity contribution in [3.63, 3.8) is 0 Å². The summed E-state index contributed by atoms with van der Waals surface area (Å²) in [6.45, 7) is 13.5. The van der Waals surface area contributed by atoms with E-state index < -0.39 is 0 Å². The Morgan fingerprint density at radius 3 is 2.34 bits per heavy atom. The van der Waals surface area contributed by atoms with Crippen LogP contribution in [-0.2, 0) is 0 Å². The fraction of sp³-hybridized carbons (Fsp3) is 0.704. The Hall–Kier alpha value is -0.650. The maximum absolute atomic E-state index is 10.2. The highest BCUT2D eigenvalue weighted by Gasteiger charge is 2.22. The first kappa shape index (κ1) is 26.4. The number of hydrogen-bond acceptors (Lipinski definition) is 1. The average molecular weight is 419 g/mol. The van der Waals surface area contributed by atoms with Crippen LogP contribution < -0.4 is 0 Å². The SMILES string of the molecule is CCCC/C=C(\C)CCC/C(C)=C/CCC(C)CCC1=CC(O)C(C)C(C)=C1P. The predicted molar refractivity (Wildman–Crippen MR) is 134 cm³/mol. The van der Waals surface area contributed by atoms with Gasteiger partial charge in [0.1, 0.15) is 0 Å². The molecule has 29 heavy (non-hydrogen) atoms. The first-order valence-electron chi connectivity index (χ1n) is 11.9. The molecule has 0 bridgehead atoms. The fourth-order valence-electron chi connectivity index (χ4n) is 3.98. The zero-order chi connectivity index (χ0) is 21.8. The molecule has 0 fully saturated rings. The number of rotatable bonds is 13. The zero-order valence-electron chi connectivity index (χ0n) is 20.1. The average Bonchev–Trinajstić information content (AvgIpc) is 2.68. The van der Waals surface area contributed by atoms with Gasteiger partial charge in [-0.15, -0.1) is 9.24 Å². The second kappa shape index (κ2) is 14.4. The molecule has 0 aromatic carbocycles. The molecule has 0 saturated carbocycles. The molecule has 0 heterocycles. The molecule has 0 radical (unpaired) electrons. The van der Waals surface area contributed by atoms with Gasteiger partial charge in [-0.05, 0) is 88.9 Å². The molecule has 0 amide bonds. The summed E-state index contributed by atoms with van der Waals surface area (Å²) in [5.74, 6) is 0.964. The molecular weight excluding hydrogens is 371 g/mol. The van der Waals surface area contributed by atoms with Gasteiger partial charge in [0, 0.05) is 5.92 Å². The van der Waals surface area contributed by atoms with Gasteiger partial charge in [0.15, 0.2) is 0 Å². The van der Waals surface area contributed by atoms with Crippen LogP contribution in [0.5, 0.6) is 0 Å². The van der Waals surface area contributed by atoms with Gasteiger partial charge in [-0.1, -0.05) is 68.6 Å². The summed E-state index contributed by atoms with van der Waals surface area (Å²) in [6.07, 6.45) is 19.0. The highest BCUT2D eigenvalue weighted by molar-refractivity contribution is 7.23. The minimum Gasteiger partial charge on any atom is -0.388 e. The van der Waals surface area contributed by atoms with Crippen LogP contribution in [0.2, 0.25) is 0 Å². The van der Waals surface area contributed by atoms with E-state index in [2.05, 4.69) is 69.0 Å². The van der Waals surface area contributed by atoms with Crippen LogP contribution in [0.15, 0.2) is 45.8 Å². The zero-order valence-corrected chi connectivity index (χ0v) is 21.2. The predicted octanol–water partition coefficient (Wildman–Crippen LogP) is 8.52. The maximum atomic E-state index is 10.2. The van der Waals surface area contributed by atoms with E-state index in [4.69, 9.17) is 0 Å². The van der Waals surface area contributed by atoms with E-state index in [0.29, 0.717) is 0 Å². The number of aliphatic hydroxyl groups is 1. The molecule has 4 unspecified atom stereocenters. The Labute approximate surface area is 184 Å². The van der Waals surface area contributed by atoms with Crippen LogP contribution in [-0.4, -0.2) is 11.2 Å². The van der Waals surface area contributed by atoms with Gasteiger partial charge in [-0.25, -0.2) is 0 Å². The van der Waals surface area contributed by atoms with Crippen LogP contribution in [0.25, 0.3) is 0 Å². The molecule has 1 aliphatic carbocycles. The Kier molecular flexibility index (Phi) is 13.1. The lowest BCUT2D eigenvalue weighted by molar-refractivity contribution is 0.176. The highest BCUT2D eigenvalue weighted by atomic mass is 31.0. The second-order valence-corrected chi connectivity index (χ2v) is 9.96. The molecule has 0 spiro atoms. The van der Waals surface area contributed by atoms with Crippen LogP contribution >= 0.6 is 9.24 Å². The lowest BCUT2D eigenvalue weighted by atomic mass is 9.85. The summed E-state index contributed by atoms with van der Waals surface area (Å²) in [6, 6.07) is 0. The van der Waals surface area contributed by atoms with E-state index in [1.807, 2.05) is 0 Å². The molecular formula is C27H47OP. The van der Waals surface area contributed by atoms with Crippen molar-refractivity contribution >= 4 is 9.24 Å². The minimum absolute atomic E-state index is 0.243. The van der Waals surface area contributed by atoms with Gasteiger partial charge in [-0.3, -0.25) is 0 Å². The van der Waals surface area contributed by atoms with E-state index in [-0.39, 0.29) is 12.0 Å². The van der Waals surface area contributed by atoms with Crippen molar-refractivity contribution in [1.29, 1.82) is 0 Å². The van der Waals surface area contributed by atoms with Crippen LogP contribution in [0.3, 0.4) is 0 Å². The number of allylic oxidation sites excluding steroid dienone is 6. The third-order valence-corrected chi connectivity index (χ3v) is 7.42. The molecule has 1 aliphatic rings. The van der Waals surface area contributed by atoms with Gasteiger partial charge in [0.05, 0.1) is 6.10 Å². The molecule has 0 aromatic heterocycles. The van der Waals surface area contributed by atoms with Crippen LogP contribution in [0.4, 0.5) is 0 Å². The number of hydrogen-bond donors (Lipinski definition) is 1. The van der Waals surface area contributed by atoms with Gasteiger partial charge < -0.3 is 5.11 Å². The highest BCUT2D eigenvalue weighted by Crippen LogP contribution is 2.36. The van der Waals surface area contributed by atoms with Crippen molar-refractivity contribution in [2.24, 2.45) is 11.8 Å². The second-order valence-electron chi connectivity index (χ2n) is 9.39. The Bertz CT molecular complexity index is 608.